The highest BCUT2D eigenvalue weighted by Crippen LogP contribution is 2.21. The molecule has 2 heterocycles. The number of thiophene rings is 1. The first-order valence-electron chi connectivity index (χ1n) is 7.13. The van der Waals surface area contributed by atoms with Gasteiger partial charge >= 0.3 is 5.97 Å². The fourth-order valence-electron chi connectivity index (χ4n) is 2.24. The zero-order chi connectivity index (χ0) is 17.1. The molecule has 1 amide bonds. The van der Waals surface area contributed by atoms with Crippen molar-refractivity contribution in [1.82, 2.24) is 5.32 Å². The Morgan fingerprint density at radius 3 is 2.67 bits per heavy atom. The summed E-state index contributed by atoms with van der Waals surface area (Å²) < 4.78 is 0.563. The third-order valence-corrected chi connectivity index (χ3v) is 4.72. The summed E-state index contributed by atoms with van der Waals surface area (Å²) in [5, 5.41) is 15.7. The van der Waals surface area contributed by atoms with Crippen LogP contribution in [0.15, 0.2) is 41.6 Å². The summed E-state index contributed by atoms with van der Waals surface area (Å²) in [4.78, 5) is 28.7. The van der Waals surface area contributed by atoms with Crippen molar-refractivity contribution in [3.63, 3.8) is 0 Å². The van der Waals surface area contributed by atoms with Crippen molar-refractivity contribution in [3.8, 4) is 0 Å². The molecule has 1 aromatic heterocycles. The van der Waals surface area contributed by atoms with Gasteiger partial charge in [0.05, 0.1) is 27.0 Å². The van der Waals surface area contributed by atoms with Gasteiger partial charge in [-0.05, 0) is 29.8 Å². The first-order valence-corrected chi connectivity index (χ1v) is 8.32. The normalized spacial score (nSPS) is 16.4. The summed E-state index contributed by atoms with van der Waals surface area (Å²) >= 11 is 7.02. The van der Waals surface area contributed by atoms with Crippen LogP contribution >= 0.6 is 22.9 Å². The molecule has 1 atom stereocenters. The number of amides is 1. The number of benzene rings is 1. The van der Waals surface area contributed by atoms with E-state index in [1.54, 1.807) is 24.3 Å². The standard InChI is InChI=1S/C16H13ClN2O4S/c17-14-6-5-13(24-14)15(20)18-8-11-7-12(19-23-11)9-1-3-10(4-2-9)16(21)22/h1-6,11H,7-8H2,(H,18,20)(H,21,22). The molecule has 124 valence electrons. The van der Waals surface area contributed by atoms with Gasteiger partial charge < -0.3 is 15.3 Å². The molecule has 24 heavy (non-hydrogen) atoms. The second kappa shape index (κ2) is 7.02. The van der Waals surface area contributed by atoms with Crippen LogP contribution in [0.2, 0.25) is 4.34 Å². The summed E-state index contributed by atoms with van der Waals surface area (Å²) in [6.07, 6.45) is 0.288. The van der Waals surface area contributed by atoms with Crippen LogP contribution in [-0.2, 0) is 4.84 Å². The maximum Gasteiger partial charge on any atom is 0.335 e. The molecule has 6 nitrogen and oxygen atoms in total. The molecular formula is C16H13ClN2O4S. The summed E-state index contributed by atoms with van der Waals surface area (Å²) in [6.45, 7) is 0.328. The number of rotatable bonds is 5. The monoisotopic (exact) mass is 364 g/mol. The Labute approximate surface area is 146 Å². The Morgan fingerprint density at radius 2 is 2.04 bits per heavy atom. The van der Waals surface area contributed by atoms with Crippen molar-refractivity contribution in [1.29, 1.82) is 0 Å². The number of nitrogens with one attached hydrogen (secondary N) is 1. The molecule has 3 rings (SSSR count). The zero-order valence-corrected chi connectivity index (χ0v) is 13.9. The minimum atomic E-state index is -0.972. The third kappa shape index (κ3) is 3.74. The fraction of sp³-hybridized carbons (Fsp3) is 0.188. The Balaban J connectivity index is 1.53. The van der Waals surface area contributed by atoms with Crippen molar-refractivity contribution in [2.75, 3.05) is 6.54 Å². The molecule has 0 spiro atoms. The SMILES string of the molecule is O=C(O)c1ccc(C2=NOC(CNC(=O)c3ccc(Cl)s3)C2)cc1. The van der Waals surface area contributed by atoms with Crippen molar-refractivity contribution in [2.45, 2.75) is 12.5 Å². The maximum atomic E-state index is 12.0. The van der Waals surface area contributed by atoms with Crippen LogP contribution in [0.3, 0.4) is 0 Å². The second-order valence-corrected chi connectivity index (χ2v) is 6.88. The van der Waals surface area contributed by atoms with Crippen molar-refractivity contribution in [3.05, 3.63) is 56.7 Å². The molecule has 2 aromatic rings. The highest BCUT2D eigenvalue weighted by atomic mass is 35.5. The number of hydrogen-bond donors (Lipinski definition) is 2. The molecule has 8 heteroatoms. The molecule has 0 fully saturated rings. The smallest absolute Gasteiger partial charge is 0.335 e. The molecule has 1 aliphatic rings. The average Bonchev–Trinajstić information content (AvgIpc) is 3.22. The number of carboxylic acids is 1. The van der Waals surface area contributed by atoms with E-state index in [0.717, 1.165) is 11.3 Å². The highest BCUT2D eigenvalue weighted by Gasteiger charge is 2.23. The molecule has 0 saturated carbocycles. The molecular weight excluding hydrogens is 352 g/mol. The van der Waals surface area contributed by atoms with Crippen molar-refractivity contribution in [2.24, 2.45) is 5.16 Å². The van der Waals surface area contributed by atoms with Crippen LogP contribution in [0.1, 0.15) is 32.0 Å². The van der Waals surface area contributed by atoms with E-state index in [1.165, 1.54) is 23.5 Å². The number of carboxylic acid groups (broad SMARTS) is 1. The Morgan fingerprint density at radius 1 is 1.29 bits per heavy atom. The van der Waals surface area contributed by atoms with Gasteiger partial charge in [0.1, 0.15) is 6.10 Å². The summed E-state index contributed by atoms with van der Waals surface area (Å²) in [5.74, 6) is -1.17. The van der Waals surface area contributed by atoms with E-state index in [-0.39, 0.29) is 17.6 Å². The number of halogens is 1. The van der Waals surface area contributed by atoms with E-state index in [0.29, 0.717) is 22.2 Å². The molecule has 0 aliphatic carbocycles. The second-order valence-electron chi connectivity index (χ2n) is 5.17. The van der Waals surface area contributed by atoms with Crippen LogP contribution in [0.4, 0.5) is 0 Å². The molecule has 0 radical (unpaired) electrons. The lowest BCUT2D eigenvalue weighted by Gasteiger charge is -2.09. The molecule has 1 aliphatic heterocycles. The number of hydrogen-bond acceptors (Lipinski definition) is 5. The van der Waals surface area contributed by atoms with Crippen LogP contribution in [-0.4, -0.2) is 35.3 Å². The van der Waals surface area contributed by atoms with E-state index in [4.69, 9.17) is 21.5 Å². The van der Waals surface area contributed by atoms with Gasteiger partial charge in [-0.1, -0.05) is 28.9 Å². The largest absolute Gasteiger partial charge is 0.478 e. The number of oxime groups is 1. The highest BCUT2D eigenvalue weighted by molar-refractivity contribution is 7.17. The van der Waals surface area contributed by atoms with Gasteiger partial charge in [-0.25, -0.2) is 4.79 Å². The van der Waals surface area contributed by atoms with E-state index >= 15 is 0 Å². The van der Waals surface area contributed by atoms with Gasteiger partial charge in [-0.2, -0.15) is 0 Å². The van der Waals surface area contributed by atoms with Gasteiger partial charge in [0.25, 0.3) is 5.91 Å². The minimum Gasteiger partial charge on any atom is -0.478 e. The Hall–Kier alpha value is -2.38. The molecule has 1 unspecified atom stereocenters. The predicted molar refractivity (Wildman–Crippen MR) is 91.1 cm³/mol. The topological polar surface area (TPSA) is 88.0 Å². The average molecular weight is 365 g/mol. The molecule has 1 aromatic carbocycles. The maximum absolute atomic E-state index is 12.0. The molecule has 0 bridgehead atoms. The Kier molecular flexibility index (Phi) is 4.82. The number of carbonyl (C=O) groups excluding carboxylic acids is 1. The Bertz CT molecular complexity index is 801. The van der Waals surface area contributed by atoms with E-state index in [1.807, 2.05) is 0 Å². The third-order valence-electron chi connectivity index (χ3n) is 3.49. The van der Waals surface area contributed by atoms with Gasteiger partial charge in [0, 0.05) is 6.42 Å². The lowest BCUT2D eigenvalue weighted by atomic mass is 10.0. The van der Waals surface area contributed by atoms with Crippen LogP contribution in [0, 0.1) is 0 Å². The van der Waals surface area contributed by atoms with Crippen LogP contribution in [0.25, 0.3) is 0 Å². The minimum absolute atomic E-state index is 0.199. The van der Waals surface area contributed by atoms with Gasteiger partial charge in [-0.3, -0.25) is 4.79 Å². The van der Waals surface area contributed by atoms with Gasteiger partial charge in [0.2, 0.25) is 0 Å². The summed E-state index contributed by atoms with van der Waals surface area (Å²) in [5.41, 5.74) is 1.75. The van der Waals surface area contributed by atoms with E-state index in [9.17, 15) is 9.59 Å². The summed E-state index contributed by atoms with van der Waals surface area (Å²) in [6, 6.07) is 9.78. The van der Waals surface area contributed by atoms with E-state index < -0.39 is 5.97 Å². The van der Waals surface area contributed by atoms with Crippen LogP contribution < -0.4 is 5.32 Å². The van der Waals surface area contributed by atoms with Crippen molar-refractivity contribution < 1.29 is 19.5 Å². The number of aromatic carboxylic acids is 1. The molecule has 2 N–H and O–H groups in total. The lowest BCUT2D eigenvalue weighted by Crippen LogP contribution is -2.31. The lowest BCUT2D eigenvalue weighted by molar-refractivity contribution is 0.0696. The zero-order valence-electron chi connectivity index (χ0n) is 12.4. The van der Waals surface area contributed by atoms with Crippen molar-refractivity contribution >= 4 is 40.5 Å². The number of carbonyl (C=O) groups is 2. The first-order chi connectivity index (χ1) is 11.5. The van der Waals surface area contributed by atoms with E-state index in [2.05, 4.69) is 10.5 Å². The van der Waals surface area contributed by atoms with Gasteiger partial charge in [0.15, 0.2) is 0 Å². The summed E-state index contributed by atoms with van der Waals surface area (Å²) in [7, 11) is 0. The number of nitrogens with zero attached hydrogens (tertiary/aromatic N) is 1. The molecule has 0 saturated heterocycles. The van der Waals surface area contributed by atoms with Crippen LogP contribution in [0.5, 0.6) is 0 Å². The van der Waals surface area contributed by atoms with Gasteiger partial charge in [-0.15, -0.1) is 11.3 Å². The predicted octanol–water partition coefficient (Wildman–Crippen LogP) is 3.02. The first kappa shape index (κ1) is 16.5. The fourth-order valence-corrected chi connectivity index (χ4v) is 3.20. The quantitative estimate of drug-likeness (QED) is 0.853.